The van der Waals surface area contributed by atoms with Gasteiger partial charge in [0.15, 0.2) is 22.2 Å². The van der Waals surface area contributed by atoms with Crippen LogP contribution in [0.25, 0.3) is 11.0 Å². The van der Waals surface area contributed by atoms with Crippen molar-refractivity contribution in [1.29, 1.82) is 0 Å². The number of fused-ring (bicyclic) bond motifs is 1. The number of aliphatic hydroxyl groups is 3. The van der Waals surface area contributed by atoms with E-state index in [1.165, 1.54) is 29.4 Å². The van der Waals surface area contributed by atoms with Gasteiger partial charge in [0.1, 0.15) is 29.3 Å². The standard InChI is InChI=1S/C18H24N4O6S2/c1-4-27-11(29)5-9(24)8-6-22(15-12(8)14(19)20-17(21-15)30-3)16-18(2,26)13(25)10(7-23)28-16/h6,10,13,16,23,25-26H,4-5,7H2,1-3H3,(H2,19,20,21)/t10-,13-,16?,18?/m1/s1. The molecule has 0 bridgehead atoms. The molecule has 10 nitrogen and oxygen atoms in total. The number of ether oxygens (including phenoxy) is 2. The maximum absolute atomic E-state index is 12.9. The maximum atomic E-state index is 12.9. The molecule has 0 radical (unpaired) electrons. The normalized spacial score (nSPS) is 26.3. The molecule has 2 unspecified atom stereocenters. The largest absolute Gasteiger partial charge is 0.487 e. The summed E-state index contributed by atoms with van der Waals surface area (Å²) in [6, 6.07) is 0. The molecule has 2 aromatic heterocycles. The van der Waals surface area contributed by atoms with E-state index in [0.717, 1.165) is 0 Å². The Morgan fingerprint density at radius 1 is 1.50 bits per heavy atom. The number of thioether (sulfide) groups is 1. The van der Waals surface area contributed by atoms with Crippen LogP contribution in [0.3, 0.4) is 0 Å². The third-order valence-electron chi connectivity index (χ3n) is 4.96. The number of Topliss-reactive ketones (excluding diaryl/α,β-unsaturated/α-hetero) is 1. The summed E-state index contributed by atoms with van der Waals surface area (Å²) in [4.78, 5) is 21.6. The number of anilines is 1. The lowest BCUT2D eigenvalue weighted by Gasteiger charge is -2.27. The quantitative estimate of drug-likeness (QED) is 0.201. The molecule has 1 saturated heterocycles. The second-order valence-corrected chi connectivity index (χ2v) is 8.26. The first-order valence-corrected chi connectivity index (χ1v) is 10.9. The van der Waals surface area contributed by atoms with Crippen molar-refractivity contribution in [2.24, 2.45) is 0 Å². The molecule has 164 valence electrons. The van der Waals surface area contributed by atoms with Crippen LogP contribution >= 0.6 is 24.0 Å². The molecule has 4 atom stereocenters. The van der Waals surface area contributed by atoms with Crippen molar-refractivity contribution < 1.29 is 29.6 Å². The number of aliphatic hydroxyl groups excluding tert-OH is 2. The minimum absolute atomic E-state index is 0.0886. The van der Waals surface area contributed by atoms with E-state index in [0.29, 0.717) is 17.1 Å². The molecule has 3 heterocycles. The lowest BCUT2D eigenvalue weighted by atomic mass is 9.96. The predicted molar refractivity (Wildman–Crippen MR) is 115 cm³/mol. The molecule has 5 N–H and O–H groups in total. The van der Waals surface area contributed by atoms with Crippen LogP contribution in [0, 0.1) is 0 Å². The van der Waals surface area contributed by atoms with Crippen LogP contribution in [0.4, 0.5) is 5.82 Å². The molecule has 0 saturated carbocycles. The average molecular weight is 457 g/mol. The first-order valence-electron chi connectivity index (χ1n) is 9.23. The minimum atomic E-state index is -1.76. The topological polar surface area (TPSA) is 153 Å². The number of nitrogens with two attached hydrogens (primary N) is 1. The highest BCUT2D eigenvalue weighted by atomic mass is 32.2. The number of nitrogens with zero attached hydrogens (tertiary/aromatic N) is 3. The Balaban J connectivity index is 2.16. The zero-order valence-electron chi connectivity index (χ0n) is 16.7. The fourth-order valence-corrected chi connectivity index (χ4v) is 4.08. The van der Waals surface area contributed by atoms with E-state index in [1.54, 1.807) is 13.2 Å². The van der Waals surface area contributed by atoms with Gasteiger partial charge in [0.05, 0.1) is 25.0 Å². The van der Waals surface area contributed by atoms with Crippen molar-refractivity contribution in [2.45, 2.75) is 49.5 Å². The lowest BCUT2D eigenvalue weighted by Crippen LogP contribution is -2.44. The van der Waals surface area contributed by atoms with Gasteiger partial charge in [-0.2, -0.15) is 0 Å². The monoisotopic (exact) mass is 456 g/mol. The van der Waals surface area contributed by atoms with Gasteiger partial charge in [-0.15, -0.1) is 0 Å². The second-order valence-electron chi connectivity index (χ2n) is 7.03. The van der Waals surface area contributed by atoms with Crippen molar-refractivity contribution in [3.8, 4) is 0 Å². The van der Waals surface area contributed by atoms with Gasteiger partial charge in [0.25, 0.3) is 0 Å². The van der Waals surface area contributed by atoms with E-state index >= 15 is 0 Å². The molecule has 2 aromatic rings. The molecule has 0 aliphatic carbocycles. The van der Waals surface area contributed by atoms with Gasteiger partial charge in [-0.25, -0.2) is 9.97 Å². The van der Waals surface area contributed by atoms with Crippen LogP contribution in [0.5, 0.6) is 0 Å². The molecule has 12 heteroatoms. The van der Waals surface area contributed by atoms with Gasteiger partial charge in [0, 0.05) is 11.8 Å². The Hall–Kier alpha value is -1.83. The second kappa shape index (κ2) is 8.73. The van der Waals surface area contributed by atoms with Crippen molar-refractivity contribution in [1.82, 2.24) is 14.5 Å². The lowest BCUT2D eigenvalue weighted by molar-refractivity contribution is -0.0948. The van der Waals surface area contributed by atoms with Gasteiger partial charge in [-0.3, -0.25) is 4.79 Å². The highest BCUT2D eigenvalue weighted by Crippen LogP contribution is 2.41. The van der Waals surface area contributed by atoms with Crippen LogP contribution < -0.4 is 5.73 Å². The Morgan fingerprint density at radius 3 is 2.77 bits per heavy atom. The van der Waals surface area contributed by atoms with E-state index in [1.807, 2.05) is 0 Å². The molecule has 1 fully saturated rings. The van der Waals surface area contributed by atoms with Crippen LogP contribution in [-0.4, -0.2) is 78.0 Å². The fraction of sp³-hybridized carbons (Fsp3) is 0.556. The van der Waals surface area contributed by atoms with Gasteiger partial charge in [-0.05, 0) is 32.3 Å². The van der Waals surface area contributed by atoms with E-state index in [-0.39, 0.29) is 34.3 Å². The van der Waals surface area contributed by atoms with Crippen molar-refractivity contribution in [3.05, 3.63) is 11.8 Å². The summed E-state index contributed by atoms with van der Waals surface area (Å²) in [5.74, 6) is -0.271. The number of thiocarbonyl (C=S) groups is 1. The Kier molecular flexibility index (Phi) is 6.65. The van der Waals surface area contributed by atoms with Crippen LogP contribution in [0.15, 0.2) is 11.4 Å². The first kappa shape index (κ1) is 22.8. The van der Waals surface area contributed by atoms with Crippen LogP contribution in [-0.2, 0) is 9.47 Å². The predicted octanol–water partition coefficient (Wildman–Crippen LogP) is 0.674. The number of hydrogen-bond donors (Lipinski definition) is 4. The summed E-state index contributed by atoms with van der Waals surface area (Å²) in [7, 11) is 0. The fourth-order valence-electron chi connectivity index (χ4n) is 3.47. The summed E-state index contributed by atoms with van der Waals surface area (Å²) >= 11 is 6.34. The number of hydrogen-bond acceptors (Lipinski definition) is 11. The SMILES string of the molecule is CCOC(=S)CC(=O)c1cn(C2O[C@H](CO)[C@@H](O)C2(C)O)c2nc(SC)nc(N)c12. The molecule has 1 aliphatic rings. The van der Waals surface area contributed by atoms with Crippen LogP contribution in [0.2, 0.25) is 0 Å². The van der Waals surface area contributed by atoms with Gasteiger partial charge >= 0.3 is 0 Å². The third kappa shape index (κ3) is 3.90. The molecule has 0 spiro atoms. The number of carbonyl (C=O) groups excluding carboxylic acids is 1. The number of aromatic nitrogens is 3. The third-order valence-corrected chi connectivity index (χ3v) is 5.77. The highest BCUT2D eigenvalue weighted by molar-refractivity contribution is 7.98. The summed E-state index contributed by atoms with van der Waals surface area (Å²) < 4.78 is 12.3. The summed E-state index contributed by atoms with van der Waals surface area (Å²) in [6.07, 6.45) is -0.413. The number of nitrogen functional groups attached to an aromatic ring is 1. The number of ketones is 1. The molecule has 3 rings (SSSR count). The Morgan fingerprint density at radius 2 is 2.20 bits per heavy atom. The molecule has 0 aromatic carbocycles. The van der Waals surface area contributed by atoms with E-state index in [9.17, 15) is 20.1 Å². The van der Waals surface area contributed by atoms with Crippen LogP contribution in [0.1, 0.15) is 36.9 Å². The Labute approximate surface area is 182 Å². The molecular weight excluding hydrogens is 432 g/mol. The smallest absolute Gasteiger partial charge is 0.191 e. The summed E-state index contributed by atoms with van der Waals surface area (Å²) in [5.41, 5.74) is 4.82. The van der Waals surface area contributed by atoms with Gasteiger partial charge in [0.2, 0.25) is 0 Å². The molecular formula is C18H24N4O6S2. The highest BCUT2D eigenvalue weighted by Gasteiger charge is 2.53. The van der Waals surface area contributed by atoms with Crippen molar-refractivity contribution >= 4 is 51.7 Å². The summed E-state index contributed by atoms with van der Waals surface area (Å²) in [6.45, 7) is 3.00. The zero-order chi connectivity index (χ0) is 22.2. The Bertz CT molecular complexity index is 979. The molecule has 0 amide bonds. The molecule has 1 aliphatic heterocycles. The number of carbonyl (C=O) groups is 1. The van der Waals surface area contributed by atoms with E-state index in [4.69, 9.17) is 27.4 Å². The zero-order valence-corrected chi connectivity index (χ0v) is 18.4. The maximum Gasteiger partial charge on any atom is 0.191 e. The van der Waals surface area contributed by atoms with E-state index in [2.05, 4.69) is 9.97 Å². The minimum Gasteiger partial charge on any atom is -0.487 e. The summed E-state index contributed by atoms with van der Waals surface area (Å²) in [5, 5.41) is 31.5. The van der Waals surface area contributed by atoms with Gasteiger partial charge in [-0.1, -0.05) is 11.8 Å². The van der Waals surface area contributed by atoms with Gasteiger partial charge < -0.3 is 35.1 Å². The average Bonchev–Trinajstić information content (AvgIpc) is 3.17. The first-order chi connectivity index (χ1) is 14.1. The molecule has 30 heavy (non-hydrogen) atoms. The van der Waals surface area contributed by atoms with Crippen molar-refractivity contribution in [2.75, 3.05) is 25.2 Å². The number of rotatable bonds is 7. The van der Waals surface area contributed by atoms with Crippen molar-refractivity contribution in [3.63, 3.8) is 0 Å². The van der Waals surface area contributed by atoms with E-state index < -0.39 is 30.6 Å².